The minimum absolute atomic E-state index is 0.0882. The van der Waals surface area contributed by atoms with Crippen LogP contribution < -0.4 is 5.56 Å². The van der Waals surface area contributed by atoms with Gasteiger partial charge >= 0.3 is 0 Å². The molecule has 28 heavy (non-hydrogen) atoms. The van der Waals surface area contributed by atoms with Crippen molar-refractivity contribution < 1.29 is 4.39 Å². The average Bonchev–Trinajstić information content (AvgIpc) is 3.26. The molecule has 0 radical (unpaired) electrons. The van der Waals surface area contributed by atoms with Gasteiger partial charge in [0.25, 0.3) is 5.56 Å². The van der Waals surface area contributed by atoms with E-state index in [9.17, 15) is 9.18 Å². The number of nitrogens with zero attached hydrogens (tertiary/aromatic N) is 3. The molecule has 146 valence electrons. The summed E-state index contributed by atoms with van der Waals surface area (Å²) in [5, 5.41) is 0.828. The molecular formula is C22H24FN3OS. The molecule has 1 aliphatic carbocycles. The van der Waals surface area contributed by atoms with Gasteiger partial charge in [0.2, 0.25) is 0 Å². The normalized spacial score (nSPS) is 18.1. The molecule has 2 aliphatic rings. The summed E-state index contributed by atoms with van der Waals surface area (Å²) in [6, 6.07) is 6.95. The van der Waals surface area contributed by atoms with Crippen LogP contribution in [0.1, 0.15) is 47.1 Å². The number of benzene rings is 1. The second kappa shape index (κ2) is 7.08. The standard InChI is InChI=1S/C22H24FN3OS/c1-25-11-9-15(10-12-25)26-19(13-14-5-2-3-7-17(14)23)24-21-20(22(26)27)16-6-4-8-18(16)28-21/h2-3,5,7,15H,4,6,8-13H2,1H3. The van der Waals surface area contributed by atoms with Crippen LogP contribution in [-0.2, 0) is 19.3 Å². The minimum atomic E-state index is -0.236. The minimum Gasteiger partial charge on any atom is -0.306 e. The molecule has 3 aromatic rings. The Hall–Kier alpha value is -2.05. The van der Waals surface area contributed by atoms with E-state index >= 15 is 0 Å². The number of aryl methyl sites for hydroxylation is 2. The maximum absolute atomic E-state index is 14.3. The fourth-order valence-electron chi connectivity index (χ4n) is 4.66. The molecule has 0 atom stereocenters. The topological polar surface area (TPSA) is 38.1 Å². The second-order valence-corrected chi connectivity index (χ2v) is 9.13. The zero-order valence-corrected chi connectivity index (χ0v) is 16.9. The Kier molecular flexibility index (Phi) is 4.56. The molecule has 0 spiro atoms. The molecule has 1 aliphatic heterocycles. The Labute approximate surface area is 167 Å². The quantitative estimate of drug-likeness (QED) is 0.672. The van der Waals surface area contributed by atoms with E-state index in [0.29, 0.717) is 17.8 Å². The third kappa shape index (κ3) is 2.99. The van der Waals surface area contributed by atoms with Crippen molar-refractivity contribution in [1.29, 1.82) is 0 Å². The summed E-state index contributed by atoms with van der Waals surface area (Å²) in [5.74, 6) is 0.470. The predicted molar refractivity (Wildman–Crippen MR) is 111 cm³/mol. The lowest BCUT2D eigenvalue weighted by atomic mass is 10.0. The van der Waals surface area contributed by atoms with Gasteiger partial charge in [-0.25, -0.2) is 9.37 Å². The van der Waals surface area contributed by atoms with Gasteiger partial charge in [-0.05, 0) is 69.4 Å². The van der Waals surface area contributed by atoms with Gasteiger partial charge in [-0.2, -0.15) is 0 Å². The summed E-state index contributed by atoms with van der Waals surface area (Å²) in [6.45, 7) is 1.94. The number of piperidine rings is 1. The fraction of sp³-hybridized carbons (Fsp3) is 0.455. The van der Waals surface area contributed by atoms with Gasteiger partial charge in [-0.15, -0.1) is 11.3 Å². The second-order valence-electron chi connectivity index (χ2n) is 8.04. The van der Waals surface area contributed by atoms with E-state index in [-0.39, 0.29) is 17.4 Å². The first-order chi connectivity index (χ1) is 13.6. The Morgan fingerprint density at radius 1 is 1.21 bits per heavy atom. The lowest BCUT2D eigenvalue weighted by Gasteiger charge is -2.31. The average molecular weight is 398 g/mol. The van der Waals surface area contributed by atoms with Crippen LogP contribution in [0.5, 0.6) is 0 Å². The van der Waals surface area contributed by atoms with Crippen molar-refractivity contribution in [1.82, 2.24) is 14.5 Å². The molecule has 2 aromatic heterocycles. The largest absolute Gasteiger partial charge is 0.306 e. The Balaban J connectivity index is 1.68. The van der Waals surface area contributed by atoms with Crippen LogP contribution in [0.2, 0.25) is 0 Å². The molecule has 5 rings (SSSR count). The first-order valence-electron chi connectivity index (χ1n) is 10.1. The summed E-state index contributed by atoms with van der Waals surface area (Å²) in [7, 11) is 2.12. The van der Waals surface area contributed by atoms with Crippen molar-refractivity contribution in [3.05, 3.63) is 62.3 Å². The number of fused-ring (bicyclic) bond motifs is 3. The maximum Gasteiger partial charge on any atom is 0.262 e. The monoisotopic (exact) mass is 397 g/mol. The van der Waals surface area contributed by atoms with Gasteiger partial charge in [0.05, 0.1) is 5.39 Å². The van der Waals surface area contributed by atoms with E-state index in [1.807, 2.05) is 10.6 Å². The first-order valence-corrected chi connectivity index (χ1v) is 10.9. The van der Waals surface area contributed by atoms with Crippen molar-refractivity contribution in [2.75, 3.05) is 20.1 Å². The van der Waals surface area contributed by atoms with Crippen molar-refractivity contribution in [3.8, 4) is 0 Å². The summed E-state index contributed by atoms with van der Waals surface area (Å²) >= 11 is 1.66. The molecule has 1 saturated heterocycles. The van der Waals surface area contributed by atoms with Gasteiger partial charge < -0.3 is 4.90 Å². The number of halogens is 1. The molecule has 0 N–H and O–H groups in total. The number of thiophene rings is 1. The highest BCUT2D eigenvalue weighted by molar-refractivity contribution is 7.18. The number of hydrogen-bond acceptors (Lipinski definition) is 4. The van der Waals surface area contributed by atoms with Gasteiger partial charge in [-0.1, -0.05) is 18.2 Å². The van der Waals surface area contributed by atoms with E-state index in [4.69, 9.17) is 4.98 Å². The molecule has 0 amide bonds. The number of likely N-dealkylation sites (tertiary alicyclic amines) is 1. The van der Waals surface area contributed by atoms with Crippen LogP contribution in [0, 0.1) is 5.82 Å². The van der Waals surface area contributed by atoms with E-state index < -0.39 is 0 Å². The molecule has 1 fully saturated rings. The van der Waals surface area contributed by atoms with E-state index in [2.05, 4.69) is 11.9 Å². The lowest BCUT2D eigenvalue weighted by molar-refractivity contribution is 0.216. The Morgan fingerprint density at radius 2 is 2.00 bits per heavy atom. The molecule has 0 saturated carbocycles. The van der Waals surface area contributed by atoms with E-state index in [1.54, 1.807) is 23.5 Å². The predicted octanol–water partition coefficient (Wildman–Crippen LogP) is 3.94. The van der Waals surface area contributed by atoms with Crippen LogP contribution in [0.15, 0.2) is 29.1 Å². The van der Waals surface area contributed by atoms with Crippen LogP contribution in [-0.4, -0.2) is 34.6 Å². The summed E-state index contributed by atoms with van der Waals surface area (Å²) in [6.07, 6.45) is 5.37. The zero-order chi connectivity index (χ0) is 19.3. The summed E-state index contributed by atoms with van der Waals surface area (Å²) in [5.41, 5.74) is 1.90. The lowest BCUT2D eigenvalue weighted by Crippen LogP contribution is -2.37. The third-order valence-corrected chi connectivity index (χ3v) is 7.39. The molecule has 1 aromatic carbocycles. The maximum atomic E-state index is 14.3. The van der Waals surface area contributed by atoms with Gasteiger partial charge in [-0.3, -0.25) is 9.36 Å². The van der Waals surface area contributed by atoms with Crippen LogP contribution in [0.4, 0.5) is 4.39 Å². The highest BCUT2D eigenvalue weighted by atomic mass is 32.1. The highest BCUT2D eigenvalue weighted by Gasteiger charge is 2.27. The SMILES string of the molecule is CN1CCC(n2c(Cc3ccccc3F)nc3sc4c(c3c2=O)CCC4)CC1. The molecule has 3 heterocycles. The molecule has 0 unspecified atom stereocenters. The van der Waals surface area contributed by atoms with Crippen LogP contribution >= 0.6 is 11.3 Å². The smallest absolute Gasteiger partial charge is 0.262 e. The van der Waals surface area contributed by atoms with Gasteiger partial charge in [0.15, 0.2) is 0 Å². The molecular weight excluding hydrogens is 373 g/mol. The Morgan fingerprint density at radius 3 is 2.79 bits per heavy atom. The third-order valence-electron chi connectivity index (χ3n) is 6.20. The van der Waals surface area contributed by atoms with Crippen molar-refractivity contribution in [2.45, 2.75) is 44.6 Å². The highest BCUT2D eigenvalue weighted by Crippen LogP contribution is 2.36. The van der Waals surface area contributed by atoms with Crippen LogP contribution in [0.25, 0.3) is 10.2 Å². The van der Waals surface area contributed by atoms with Gasteiger partial charge in [0.1, 0.15) is 16.5 Å². The summed E-state index contributed by atoms with van der Waals surface area (Å²) in [4.78, 5) is 23.0. The molecule has 0 bridgehead atoms. The van der Waals surface area contributed by atoms with Crippen molar-refractivity contribution in [2.24, 2.45) is 0 Å². The first kappa shape index (κ1) is 18.0. The number of aromatic nitrogens is 2. The fourth-order valence-corrected chi connectivity index (χ4v) is 5.94. The van der Waals surface area contributed by atoms with Gasteiger partial charge in [0, 0.05) is 17.3 Å². The van der Waals surface area contributed by atoms with E-state index in [1.165, 1.54) is 16.5 Å². The molecule has 4 nitrogen and oxygen atoms in total. The number of hydrogen-bond donors (Lipinski definition) is 0. The number of rotatable bonds is 3. The van der Waals surface area contributed by atoms with Crippen LogP contribution in [0.3, 0.4) is 0 Å². The van der Waals surface area contributed by atoms with Crippen molar-refractivity contribution in [3.63, 3.8) is 0 Å². The zero-order valence-electron chi connectivity index (χ0n) is 16.1. The van der Waals surface area contributed by atoms with E-state index in [0.717, 1.165) is 55.4 Å². The summed E-state index contributed by atoms with van der Waals surface area (Å²) < 4.78 is 16.2. The van der Waals surface area contributed by atoms with Crippen molar-refractivity contribution >= 4 is 21.6 Å². The Bertz CT molecular complexity index is 1100. The molecule has 6 heteroatoms.